The Balaban J connectivity index is 1.98. The summed E-state index contributed by atoms with van der Waals surface area (Å²) in [5, 5.41) is 8.89. The smallest absolute Gasteiger partial charge is 0.224 e. The maximum atomic E-state index is 6.01. The minimum Gasteiger partial charge on any atom is -0.339 e. The third kappa shape index (κ3) is 2.34. The van der Waals surface area contributed by atoms with Crippen LogP contribution in [0.25, 0.3) is 10.9 Å². The predicted molar refractivity (Wildman–Crippen MR) is 76.0 cm³/mol. The Bertz CT molecular complexity index is 753. The maximum Gasteiger partial charge on any atom is 0.224 e. The van der Waals surface area contributed by atoms with Gasteiger partial charge in [-0.3, -0.25) is 4.68 Å². The number of hydrogen-bond acceptors (Lipinski definition) is 4. The van der Waals surface area contributed by atoms with Gasteiger partial charge < -0.3 is 5.32 Å². The molecule has 0 bridgehead atoms. The number of aromatic nitrogens is 4. The topological polar surface area (TPSA) is 55.6 Å². The maximum absolute atomic E-state index is 6.01. The minimum absolute atomic E-state index is 0.148. The first kappa shape index (κ1) is 12.2. The number of aryl methyl sites for hydroxylation is 1. The Morgan fingerprint density at radius 2 is 2.05 bits per heavy atom. The predicted octanol–water partition coefficient (Wildman–Crippen LogP) is 3.41. The van der Waals surface area contributed by atoms with E-state index in [1.807, 2.05) is 29.9 Å². The number of fused-ring (bicyclic) bond motifs is 1. The average Bonchev–Trinajstić information content (AvgIpc) is 2.75. The van der Waals surface area contributed by atoms with E-state index in [0.29, 0.717) is 10.8 Å². The van der Waals surface area contributed by atoms with Crippen LogP contribution < -0.4 is 5.32 Å². The second kappa shape index (κ2) is 4.68. The molecule has 3 rings (SSSR count). The highest BCUT2D eigenvalue weighted by atomic mass is 35.5. The Morgan fingerprint density at radius 1 is 1.21 bits per heavy atom. The summed E-state index contributed by atoms with van der Waals surface area (Å²) in [4.78, 5) is 7.85. The van der Waals surface area contributed by atoms with E-state index < -0.39 is 0 Å². The zero-order valence-corrected chi connectivity index (χ0v) is 11.4. The van der Waals surface area contributed by atoms with E-state index >= 15 is 0 Å². The number of hydrogen-bond donors (Lipinski definition) is 1. The van der Waals surface area contributed by atoms with Crippen molar-refractivity contribution in [3.8, 4) is 0 Å². The van der Waals surface area contributed by atoms with Crippen molar-refractivity contribution in [3.05, 3.63) is 40.9 Å². The monoisotopic (exact) mass is 293 g/mol. The summed E-state index contributed by atoms with van der Waals surface area (Å²) >= 11 is 11.8. The minimum atomic E-state index is 0.148. The second-order valence-corrected chi connectivity index (χ2v) is 4.75. The van der Waals surface area contributed by atoms with Crippen molar-refractivity contribution < 1.29 is 0 Å². The van der Waals surface area contributed by atoms with Crippen molar-refractivity contribution in [1.82, 2.24) is 19.7 Å². The van der Waals surface area contributed by atoms with Crippen LogP contribution in [0.4, 0.5) is 11.5 Å². The van der Waals surface area contributed by atoms with Crippen LogP contribution in [0.15, 0.2) is 30.6 Å². The summed E-state index contributed by atoms with van der Waals surface area (Å²) in [6.07, 6.45) is 3.26. The summed E-state index contributed by atoms with van der Waals surface area (Å²) in [6.45, 7) is 0. The van der Waals surface area contributed by atoms with Crippen LogP contribution in [0.1, 0.15) is 0 Å². The lowest BCUT2D eigenvalue weighted by atomic mass is 10.2. The Hall–Kier alpha value is -1.85. The van der Waals surface area contributed by atoms with Gasteiger partial charge in [-0.05, 0) is 29.8 Å². The third-order valence-electron chi connectivity index (χ3n) is 2.72. The molecule has 0 fully saturated rings. The lowest BCUT2D eigenvalue weighted by Crippen LogP contribution is -1.96. The molecule has 0 aliphatic heterocycles. The van der Waals surface area contributed by atoms with E-state index in [-0.39, 0.29) is 5.28 Å². The van der Waals surface area contributed by atoms with Crippen molar-refractivity contribution in [2.45, 2.75) is 0 Å². The van der Waals surface area contributed by atoms with Gasteiger partial charge in [-0.1, -0.05) is 11.6 Å². The van der Waals surface area contributed by atoms with Crippen LogP contribution in [0.2, 0.25) is 10.3 Å². The number of rotatable bonds is 2. The van der Waals surface area contributed by atoms with E-state index in [4.69, 9.17) is 23.2 Å². The molecule has 2 heterocycles. The first-order valence-corrected chi connectivity index (χ1v) is 6.26. The number of nitrogens with zero attached hydrogens (tertiary/aromatic N) is 4. The fourth-order valence-corrected chi connectivity index (χ4v) is 2.08. The molecule has 19 heavy (non-hydrogen) atoms. The van der Waals surface area contributed by atoms with Crippen LogP contribution >= 0.6 is 23.2 Å². The number of halogens is 2. The van der Waals surface area contributed by atoms with Gasteiger partial charge >= 0.3 is 0 Å². The zero-order valence-electron chi connectivity index (χ0n) is 9.93. The van der Waals surface area contributed by atoms with E-state index in [1.165, 1.54) is 6.20 Å². The molecule has 1 N–H and O–H groups in total. The first-order valence-electron chi connectivity index (χ1n) is 5.50. The van der Waals surface area contributed by atoms with Gasteiger partial charge in [0, 0.05) is 18.1 Å². The molecule has 0 atom stereocenters. The molecule has 7 heteroatoms. The van der Waals surface area contributed by atoms with Crippen molar-refractivity contribution in [3.63, 3.8) is 0 Å². The van der Waals surface area contributed by atoms with Crippen LogP contribution in [-0.4, -0.2) is 19.7 Å². The molecule has 0 radical (unpaired) electrons. The highest BCUT2D eigenvalue weighted by Crippen LogP contribution is 2.25. The molecular weight excluding hydrogens is 285 g/mol. The van der Waals surface area contributed by atoms with Crippen molar-refractivity contribution in [2.75, 3.05) is 5.32 Å². The van der Waals surface area contributed by atoms with E-state index in [0.717, 1.165) is 16.6 Å². The van der Waals surface area contributed by atoms with Crippen molar-refractivity contribution in [2.24, 2.45) is 7.05 Å². The SMILES string of the molecule is Cn1ncc2cc(Nc3nc(Cl)ncc3Cl)ccc21. The fraction of sp³-hybridized carbons (Fsp3) is 0.0833. The molecule has 3 aromatic rings. The molecule has 96 valence electrons. The normalized spacial score (nSPS) is 10.9. The van der Waals surface area contributed by atoms with E-state index in [2.05, 4.69) is 20.4 Å². The lowest BCUT2D eigenvalue weighted by molar-refractivity contribution is 0.797. The van der Waals surface area contributed by atoms with E-state index in [9.17, 15) is 0 Å². The quantitative estimate of drug-likeness (QED) is 0.736. The number of benzene rings is 1. The van der Waals surface area contributed by atoms with Gasteiger partial charge in [-0.2, -0.15) is 10.1 Å². The van der Waals surface area contributed by atoms with Gasteiger partial charge in [0.15, 0.2) is 5.82 Å². The van der Waals surface area contributed by atoms with Crippen LogP contribution in [-0.2, 0) is 7.05 Å². The molecule has 0 spiro atoms. The van der Waals surface area contributed by atoms with Gasteiger partial charge in [0.05, 0.1) is 17.9 Å². The van der Waals surface area contributed by atoms with Gasteiger partial charge in [0.25, 0.3) is 0 Å². The molecule has 2 aromatic heterocycles. The molecule has 0 saturated carbocycles. The largest absolute Gasteiger partial charge is 0.339 e. The van der Waals surface area contributed by atoms with Crippen LogP contribution in [0.5, 0.6) is 0 Å². The number of nitrogens with one attached hydrogen (secondary N) is 1. The summed E-state index contributed by atoms with van der Waals surface area (Å²) in [5.41, 5.74) is 1.91. The number of anilines is 2. The highest BCUT2D eigenvalue weighted by Gasteiger charge is 2.06. The summed E-state index contributed by atoms with van der Waals surface area (Å²) in [7, 11) is 1.90. The zero-order chi connectivity index (χ0) is 13.4. The standard InChI is InChI=1S/C12H9Cl2N5/c1-19-10-3-2-8(4-7(10)5-16-19)17-11-9(13)6-15-12(14)18-11/h2-6H,1H3,(H,15,17,18). The second-order valence-electron chi connectivity index (χ2n) is 4.00. The average molecular weight is 294 g/mol. The van der Waals surface area contributed by atoms with Gasteiger partial charge in [-0.25, -0.2) is 4.98 Å². The molecule has 5 nitrogen and oxygen atoms in total. The van der Waals surface area contributed by atoms with Gasteiger partial charge in [-0.15, -0.1) is 0 Å². The first-order chi connectivity index (χ1) is 9.13. The summed E-state index contributed by atoms with van der Waals surface area (Å²) in [5.74, 6) is 0.477. The van der Waals surface area contributed by atoms with Crippen molar-refractivity contribution >= 4 is 45.6 Å². The van der Waals surface area contributed by atoms with E-state index in [1.54, 1.807) is 6.20 Å². The third-order valence-corrected chi connectivity index (χ3v) is 3.18. The molecule has 0 aliphatic rings. The Kier molecular flexibility index (Phi) is 3.00. The van der Waals surface area contributed by atoms with Gasteiger partial charge in [0.1, 0.15) is 5.02 Å². The molecular formula is C12H9Cl2N5. The molecule has 0 aliphatic carbocycles. The summed E-state index contributed by atoms with van der Waals surface area (Å²) in [6, 6.07) is 5.87. The van der Waals surface area contributed by atoms with Crippen molar-refractivity contribution in [1.29, 1.82) is 0 Å². The molecule has 0 amide bonds. The molecule has 0 unspecified atom stereocenters. The van der Waals surface area contributed by atoms with Crippen LogP contribution in [0.3, 0.4) is 0 Å². The summed E-state index contributed by atoms with van der Waals surface area (Å²) < 4.78 is 1.81. The molecule has 1 aromatic carbocycles. The van der Waals surface area contributed by atoms with Crippen LogP contribution in [0, 0.1) is 0 Å². The Labute approximate surface area is 119 Å². The highest BCUT2D eigenvalue weighted by molar-refractivity contribution is 6.33. The fourth-order valence-electron chi connectivity index (χ4n) is 1.81. The Morgan fingerprint density at radius 3 is 2.89 bits per heavy atom. The van der Waals surface area contributed by atoms with Gasteiger partial charge in [0.2, 0.25) is 5.28 Å². The molecule has 0 saturated heterocycles. The lowest BCUT2D eigenvalue weighted by Gasteiger charge is -2.07.